The van der Waals surface area contributed by atoms with E-state index in [-0.39, 0.29) is 0 Å². The smallest absolute Gasteiger partial charge is 0.00695 e. The maximum atomic E-state index is 2.24. The van der Waals surface area contributed by atoms with Gasteiger partial charge in [-0.15, -0.1) is 11.8 Å². The van der Waals surface area contributed by atoms with Crippen molar-refractivity contribution in [3.63, 3.8) is 0 Å². The molecule has 1 aliphatic carbocycles. The Hall–Kier alpha value is -1.73. The van der Waals surface area contributed by atoms with Gasteiger partial charge in [0.1, 0.15) is 0 Å². The van der Waals surface area contributed by atoms with Gasteiger partial charge in [-0.3, -0.25) is 0 Å². The third kappa shape index (κ3) is 2.14. The van der Waals surface area contributed by atoms with Crippen molar-refractivity contribution < 1.29 is 0 Å². The topological polar surface area (TPSA) is 0 Å². The van der Waals surface area contributed by atoms with E-state index in [0.29, 0.717) is 0 Å². The molecule has 0 aliphatic heterocycles. The van der Waals surface area contributed by atoms with E-state index < -0.39 is 0 Å². The fraction of sp³-hybridized carbons (Fsp3) is 0.0588. The second-order valence-electron chi connectivity index (χ2n) is 4.29. The van der Waals surface area contributed by atoms with Gasteiger partial charge in [0.2, 0.25) is 0 Å². The quantitative estimate of drug-likeness (QED) is 0.678. The zero-order chi connectivity index (χ0) is 12.4. The van der Waals surface area contributed by atoms with E-state index in [0.717, 1.165) is 0 Å². The highest BCUT2D eigenvalue weighted by Crippen LogP contribution is 2.30. The summed E-state index contributed by atoms with van der Waals surface area (Å²) in [5.41, 5.74) is 5.18. The van der Waals surface area contributed by atoms with E-state index in [1.807, 2.05) is 0 Å². The van der Waals surface area contributed by atoms with Gasteiger partial charge in [-0.05, 0) is 46.7 Å². The Bertz CT molecular complexity index is 618. The van der Waals surface area contributed by atoms with Gasteiger partial charge in [-0.1, -0.05) is 48.6 Å². The Morgan fingerprint density at radius 1 is 0.889 bits per heavy atom. The summed E-state index contributed by atoms with van der Waals surface area (Å²) in [7, 11) is 0. The van der Waals surface area contributed by atoms with Crippen molar-refractivity contribution in [1.29, 1.82) is 0 Å². The predicted molar refractivity (Wildman–Crippen MR) is 81.6 cm³/mol. The molecule has 3 rings (SSSR count). The number of allylic oxidation sites excluding steroid dienone is 2. The lowest BCUT2D eigenvalue weighted by Crippen LogP contribution is -1.80. The minimum absolute atomic E-state index is 1.25. The van der Waals surface area contributed by atoms with Crippen LogP contribution in [0.1, 0.15) is 16.7 Å². The highest BCUT2D eigenvalue weighted by molar-refractivity contribution is 7.98. The Balaban J connectivity index is 1.96. The van der Waals surface area contributed by atoms with Gasteiger partial charge < -0.3 is 0 Å². The molecule has 2 aromatic rings. The van der Waals surface area contributed by atoms with Crippen molar-refractivity contribution >= 4 is 29.5 Å². The van der Waals surface area contributed by atoms with Crippen LogP contribution in [0.5, 0.6) is 0 Å². The molecule has 1 aliphatic rings. The van der Waals surface area contributed by atoms with Crippen LogP contribution in [0.25, 0.3) is 17.7 Å². The molecule has 0 fully saturated rings. The van der Waals surface area contributed by atoms with E-state index in [1.54, 1.807) is 11.8 Å². The summed E-state index contributed by atoms with van der Waals surface area (Å²) >= 11 is 1.77. The fourth-order valence-corrected chi connectivity index (χ4v) is 2.59. The molecule has 0 spiro atoms. The highest BCUT2D eigenvalue weighted by atomic mass is 32.2. The molecule has 0 amide bonds. The predicted octanol–water partition coefficient (Wildman–Crippen LogP) is 4.98. The summed E-state index contributed by atoms with van der Waals surface area (Å²) < 4.78 is 0. The summed E-state index contributed by atoms with van der Waals surface area (Å²) in [5, 5.41) is 0. The van der Waals surface area contributed by atoms with Crippen molar-refractivity contribution in [1.82, 2.24) is 0 Å². The van der Waals surface area contributed by atoms with Crippen LogP contribution in [0.4, 0.5) is 0 Å². The normalized spacial score (nSPS) is 15.1. The summed E-state index contributed by atoms with van der Waals surface area (Å²) in [4.78, 5) is 1.31. The molecule has 0 N–H and O–H groups in total. The zero-order valence-corrected chi connectivity index (χ0v) is 11.1. The molecule has 0 saturated heterocycles. The lowest BCUT2D eigenvalue weighted by Gasteiger charge is -2.02. The van der Waals surface area contributed by atoms with Crippen LogP contribution in [0, 0.1) is 0 Å². The first-order valence-corrected chi connectivity index (χ1v) is 7.22. The molecule has 18 heavy (non-hydrogen) atoms. The second kappa shape index (κ2) is 4.87. The van der Waals surface area contributed by atoms with E-state index >= 15 is 0 Å². The first-order valence-electron chi connectivity index (χ1n) is 6.00. The van der Waals surface area contributed by atoms with E-state index in [1.165, 1.54) is 27.2 Å². The summed E-state index contributed by atoms with van der Waals surface area (Å²) in [5.74, 6) is 0. The Labute approximate surface area is 112 Å². The number of rotatable bonds is 2. The first-order chi connectivity index (χ1) is 8.86. The van der Waals surface area contributed by atoms with Crippen LogP contribution in [-0.4, -0.2) is 6.26 Å². The van der Waals surface area contributed by atoms with Crippen molar-refractivity contribution in [2.75, 3.05) is 6.26 Å². The average molecular weight is 250 g/mol. The Morgan fingerprint density at radius 3 is 2.44 bits per heavy atom. The van der Waals surface area contributed by atoms with E-state index in [9.17, 15) is 0 Å². The average Bonchev–Trinajstić information content (AvgIpc) is 2.83. The third-order valence-electron chi connectivity index (χ3n) is 3.15. The molecular formula is C17H14S. The molecule has 88 valence electrons. The molecule has 0 heterocycles. The standard InChI is InChI=1S/C17H14S/c1-18-16-10-6-13(7-11-16)12-15-9-8-14-4-2-3-5-17(14)15/h2-12H,1H3/b15-12-. The molecule has 0 radical (unpaired) electrons. The molecule has 1 heteroatoms. The molecule has 0 saturated carbocycles. The zero-order valence-electron chi connectivity index (χ0n) is 10.3. The molecule has 0 nitrogen and oxygen atoms in total. The maximum absolute atomic E-state index is 2.24. The number of fused-ring (bicyclic) bond motifs is 1. The van der Waals surface area contributed by atoms with Gasteiger partial charge in [0.15, 0.2) is 0 Å². The van der Waals surface area contributed by atoms with Crippen LogP contribution in [0.2, 0.25) is 0 Å². The number of hydrogen-bond acceptors (Lipinski definition) is 1. The summed E-state index contributed by atoms with van der Waals surface area (Å²) in [6.45, 7) is 0. The summed E-state index contributed by atoms with van der Waals surface area (Å²) in [6, 6.07) is 17.2. The number of thioether (sulfide) groups is 1. The van der Waals surface area contributed by atoms with Gasteiger partial charge in [-0.25, -0.2) is 0 Å². The van der Waals surface area contributed by atoms with Gasteiger partial charge in [0.25, 0.3) is 0 Å². The number of benzene rings is 2. The van der Waals surface area contributed by atoms with E-state index in [4.69, 9.17) is 0 Å². The Kier molecular flexibility index (Phi) is 3.07. The van der Waals surface area contributed by atoms with Gasteiger partial charge in [0.05, 0.1) is 0 Å². The number of hydrogen-bond donors (Lipinski definition) is 0. The van der Waals surface area contributed by atoms with Crippen molar-refractivity contribution in [2.24, 2.45) is 0 Å². The van der Waals surface area contributed by atoms with Crippen LogP contribution in [0.3, 0.4) is 0 Å². The summed E-state index contributed by atoms with van der Waals surface area (Å²) in [6.07, 6.45) is 8.71. The minimum atomic E-state index is 1.25. The second-order valence-corrected chi connectivity index (χ2v) is 5.17. The van der Waals surface area contributed by atoms with Crippen molar-refractivity contribution in [3.8, 4) is 0 Å². The van der Waals surface area contributed by atoms with Gasteiger partial charge >= 0.3 is 0 Å². The van der Waals surface area contributed by atoms with Crippen molar-refractivity contribution in [2.45, 2.75) is 4.90 Å². The SMILES string of the molecule is CSc1ccc(/C=C2/C=Cc3ccccc32)cc1. The molecule has 0 aromatic heterocycles. The van der Waals surface area contributed by atoms with Crippen LogP contribution >= 0.6 is 11.8 Å². The van der Waals surface area contributed by atoms with Crippen LogP contribution in [0.15, 0.2) is 59.5 Å². The lowest BCUT2D eigenvalue weighted by molar-refractivity contribution is 1.45. The molecule has 2 aromatic carbocycles. The highest BCUT2D eigenvalue weighted by Gasteiger charge is 2.08. The van der Waals surface area contributed by atoms with E-state index in [2.05, 4.69) is 73.0 Å². The first kappa shape index (κ1) is 11.4. The van der Waals surface area contributed by atoms with Crippen molar-refractivity contribution in [3.05, 3.63) is 71.3 Å². The van der Waals surface area contributed by atoms with Crippen LogP contribution < -0.4 is 0 Å². The monoisotopic (exact) mass is 250 g/mol. The molecular weight excluding hydrogens is 236 g/mol. The van der Waals surface area contributed by atoms with Gasteiger partial charge in [0, 0.05) is 4.90 Å². The third-order valence-corrected chi connectivity index (χ3v) is 3.90. The lowest BCUT2D eigenvalue weighted by atomic mass is 10.0. The largest absolute Gasteiger partial charge is 0.130 e. The fourth-order valence-electron chi connectivity index (χ4n) is 2.18. The van der Waals surface area contributed by atoms with Crippen LogP contribution in [-0.2, 0) is 0 Å². The molecule has 0 atom stereocenters. The Morgan fingerprint density at radius 2 is 1.67 bits per heavy atom. The maximum Gasteiger partial charge on any atom is 0.00695 e. The van der Waals surface area contributed by atoms with Gasteiger partial charge in [-0.2, -0.15) is 0 Å². The molecule has 0 unspecified atom stereocenters. The minimum Gasteiger partial charge on any atom is -0.130 e. The molecule has 0 bridgehead atoms.